The number of nitrogens with one attached hydrogen (secondary N) is 1. The van der Waals surface area contributed by atoms with Gasteiger partial charge in [-0.2, -0.15) is 0 Å². The molecule has 2 aliphatic heterocycles. The Morgan fingerprint density at radius 3 is 2.81 bits per heavy atom. The average Bonchev–Trinajstić information content (AvgIpc) is 2.88. The van der Waals surface area contributed by atoms with Gasteiger partial charge >= 0.3 is 0 Å². The lowest BCUT2D eigenvalue weighted by Gasteiger charge is -2.38. The van der Waals surface area contributed by atoms with E-state index in [2.05, 4.69) is 10.3 Å². The normalized spacial score (nSPS) is 20.4. The Balaban J connectivity index is 1.69. The molecule has 6 heteroatoms. The first-order chi connectivity index (χ1) is 10.1. The fourth-order valence-electron chi connectivity index (χ4n) is 3.18. The summed E-state index contributed by atoms with van der Waals surface area (Å²) in [7, 11) is 1.54. The van der Waals surface area contributed by atoms with Crippen LogP contribution in [-0.4, -0.2) is 48.4 Å². The summed E-state index contributed by atoms with van der Waals surface area (Å²) in [6.45, 7) is 2.10. The number of carbonyl (C=O) groups is 2. The van der Waals surface area contributed by atoms with Crippen molar-refractivity contribution in [1.82, 2.24) is 15.2 Å². The van der Waals surface area contributed by atoms with Gasteiger partial charge in [0.1, 0.15) is 5.75 Å². The molecule has 112 valence electrons. The number of amides is 2. The van der Waals surface area contributed by atoms with Crippen LogP contribution in [0, 0.1) is 5.41 Å². The molecule has 0 aliphatic carbocycles. The van der Waals surface area contributed by atoms with E-state index in [0.29, 0.717) is 30.8 Å². The Morgan fingerprint density at radius 1 is 1.43 bits per heavy atom. The minimum absolute atomic E-state index is 0.0265. The highest BCUT2D eigenvalue weighted by Gasteiger charge is 2.41. The van der Waals surface area contributed by atoms with Crippen LogP contribution in [0.2, 0.25) is 0 Å². The molecule has 0 bridgehead atoms. The van der Waals surface area contributed by atoms with Crippen molar-refractivity contribution in [2.24, 2.45) is 5.41 Å². The standard InChI is InChI=1S/C15H19N3O3/c1-21-12-9-16-5-2-11(12)14(20)18-6-3-15(4-7-18)8-13(19)17-10-15/h2,5,9H,3-4,6-8,10H2,1H3,(H,17,19). The van der Waals surface area contributed by atoms with Gasteiger partial charge in [0, 0.05) is 32.3 Å². The summed E-state index contributed by atoms with van der Waals surface area (Å²) in [6, 6.07) is 1.69. The molecule has 1 spiro atoms. The predicted molar refractivity (Wildman–Crippen MR) is 76.0 cm³/mol. The quantitative estimate of drug-likeness (QED) is 0.875. The zero-order valence-electron chi connectivity index (χ0n) is 12.1. The number of ether oxygens (including phenoxy) is 1. The minimum Gasteiger partial charge on any atom is -0.494 e. The van der Waals surface area contributed by atoms with Crippen molar-refractivity contribution in [3.63, 3.8) is 0 Å². The van der Waals surface area contributed by atoms with Crippen molar-refractivity contribution in [3.8, 4) is 5.75 Å². The molecule has 0 unspecified atom stereocenters. The summed E-state index contributed by atoms with van der Waals surface area (Å²) in [5, 5.41) is 2.90. The first-order valence-electron chi connectivity index (χ1n) is 7.18. The monoisotopic (exact) mass is 289 g/mol. The third-order valence-corrected chi connectivity index (χ3v) is 4.54. The smallest absolute Gasteiger partial charge is 0.257 e. The third kappa shape index (κ3) is 2.57. The van der Waals surface area contributed by atoms with Gasteiger partial charge in [0.25, 0.3) is 5.91 Å². The first-order valence-corrected chi connectivity index (χ1v) is 7.18. The fraction of sp³-hybridized carbons (Fsp3) is 0.533. The molecule has 0 saturated carbocycles. The van der Waals surface area contributed by atoms with Gasteiger partial charge in [-0.15, -0.1) is 0 Å². The number of aromatic nitrogens is 1. The molecule has 21 heavy (non-hydrogen) atoms. The van der Waals surface area contributed by atoms with Crippen LogP contribution >= 0.6 is 0 Å². The van der Waals surface area contributed by atoms with E-state index in [1.54, 1.807) is 18.5 Å². The highest BCUT2D eigenvalue weighted by Crippen LogP contribution is 2.38. The first kappa shape index (κ1) is 13.9. The van der Waals surface area contributed by atoms with Gasteiger partial charge in [-0.05, 0) is 24.3 Å². The van der Waals surface area contributed by atoms with Crippen molar-refractivity contribution in [2.75, 3.05) is 26.7 Å². The van der Waals surface area contributed by atoms with Gasteiger partial charge in [0.15, 0.2) is 0 Å². The van der Waals surface area contributed by atoms with Gasteiger partial charge in [-0.25, -0.2) is 0 Å². The van der Waals surface area contributed by atoms with Gasteiger partial charge in [-0.1, -0.05) is 0 Å². The van der Waals surface area contributed by atoms with Crippen LogP contribution < -0.4 is 10.1 Å². The number of hydrogen-bond donors (Lipinski definition) is 1. The average molecular weight is 289 g/mol. The van der Waals surface area contributed by atoms with E-state index in [-0.39, 0.29) is 17.2 Å². The number of pyridine rings is 1. The minimum atomic E-state index is -0.0265. The van der Waals surface area contributed by atoms with E-state index >= 15 is 0 Å². The van der Waals surface area contributed by atoms with Crippen LogP contribution in [0.5, 0.6) is 5.75 Å². The van der Waals surface area contributed by atoms with Crippen LogP contribution in [0.15, 0.2) is 18.5 Å². The van der Waals surface area contributed by atoms with E-state index in [1.807, 2.05) is 4.90 Å². The van der Waals surface area contributed by atoms with Gasteiger partial charge in [0.05, 0.1) is 18.9 Å². The van der Waals surface area contributed by atoms with Crippen molar-refractivity contribution in [2.45, 2.75) is 19.3 Å². The molecule has 2 fully saturated rings. The van der Waals surface area contributed by atoms with Crippen LogP contribution in [0.3, 0.4) is 0 Å². The summed E-state index contributed by atoms with van der Waals surface area (Å²) < 4.78 is 5.20. The second-order valence-corrected chi connectivity index (χ2v) is 5.82. The molecule has 2 aliphatic rings. The molecule has 1 aromatic rings. The van der Waals surface area contributed by atoms with Crippen molar-refractivity contribution in [3.05, 3.63) is 24.0 Å². The molecule has 2 amide bonds. The van der Waals surface area contributed by atoms with E-state index in [0.717, 1.165) is 19.4 Å². The SMILES string of the molecule is COc1cnccc1C(=O)N1CCC2(CC1)CNC(=O)C2. The predicted octanol–water partition coefficient (Wildman–Crippen LogP) is 0.833. The van der Waals surface area contributed by atoms with Crippen LogP contribution in [0.1, 0.15) is 29.6 Å². The number of nitrogens with zero attached hydrogens (tertiary/aromatic N) is 2. The van der Waals surface area contributed by atoms with E-state index in [9.17, 15) is 9.59 Å². The number of rotatable bonds is 2. The number of methoxy groups -OCH3 is 1. The summed E-state index contributed by atoms with van der Waals surface area (Å²) in [4.78, 5) is 29.8. The van der Waals surface area contributed by atoms with Gasteiger partial charge in [-0.3, -0.25) is 14.6 Å². The summed E-state index contributed by atoms with van der Waals surface area (Å²) in [5.41, 5.74) is 0.597. The van der Waals surface area contributed by atoms with E-state index in [1.165, 1.54) is 7.11 Å². The Bertz CT molecular complexity index is 565. The zero-order chi connectivity index (χ0) is 14.9. The summed E-state index contributed by atoms with van der Waals surface area (Å²) in [6.07, 6.45) is 5.47. The maximum absolute atomic E-state index is 12.6. The summed E-state index contributed by atoms with van der Waals surface area (Å²) in [5.74, 6) is 0.604. The highest BCUT2D eigenvalue weighted by atomic mass is 16.5. The molecule has 6 nitrogen and oxygen atoms in total. The van der Waals surface area contributed by atoms with Crippen LogP contribution in [-0.2, 0) is 4.79 Å². The Hall–Kier alpha value is -2.11. The molecule has 1 N–H and O–H groups in total. The molecule has 3 rings (SSSR count). The molecule has 0 atom stereocenters. The summed E-state index contributed by atoms with van der Waals surface area (Å²) >= 11 is 0. The molecule has 0 radical (unpaired) electrons. The molecule has 0 aromatic carbocycles. The fourth-order valence-corrected chi connectivity index (χ4v) is 3.18. The number of hydrogen-bond acceptors (Lipinski definition) is 4. The second-order valence-electron chi connectivity index (χ2n) is 5.82. The van der Waals surface area contributed by atoms with Crippen molar-refractivity contribution < 1.29 is 14.3 Å². The maximum atomic E-state index is 12.6. The maximum Gasteiger partial charge on any atom is 0.257 e. The molecular weight excluding hydrogens is 270 g/mol. The zero-order valence-corrected chi connectivity index (χ0v) is 12.1. The molecule has 1 aromatic heterocycles. The highest BCUT2D eigenvalue weighted by molar-refractivity contribution is 5.96. The lowest BCUT2D eigenvalue weighted by atomic mass is 9.77. The van der Waals surface area contributed by atoms with Crippen LogP contribution in [0.4, 0.5) is 0 Å². The topological polar surface area (TPSA) is 71.5 Å². The number of piperidine rings is 1. The van der Waals surface area contributed by atoms with E-state index < -0.39 is 0 Å². The molecule has 2 saturated heterocycles. The Labute approximate surface area is 123 Å². The van der Waals surface area contributed by atoms with Crippen molar-refractivity contribution >= 4 is 11.8 Å². The number of likely N-dealkylation sites (tertiary alicyclic amines) is 1. The third-order valence-electron chi connectivity index (χ3n) is 4.54. The van der Waals surface area contributed by atoms with Crippen molar-refractivity contribution in [1.29, 1.82) is 0 Å². The number of carbonyl (C=O) groups excluding carboxylic acids is 2. The largest absolute Gasteiger partial charge is 0.494 e. The van der Waals surface area contributed by atoms with Gasteiger partial charge < -0.3 is 15.0 Å². The molecule has 3 heterocycles. The van der Waals surface area contributed by atoms with Crippen LogP contribution in [0.25, 0.3) is 0 Å². The molecular formula is C15H19N3O3. The van der Waals surface area contributed by atoms with E-state index in [4.69, 9.17) is 4.74 Å². The Kier molecular flexibility index (Phi) is 3.53. The lowest BCUT2D eigenvalue weighted by Crippen LogP contribution is -2.44. The Morgan fingerprint density at radius 2 is 2.19 bits per heavy atom. The second kappa shape index (κ2) is 5.35. The van der Waals surface area contributed by atoms with Gasteiger partial charge in [0.2, 0.25) is 5.91 Å². The lowest BCUT2D eigenvalue weighted by molar-refractivity contribution is -0.119.